The fraction of sp³-hybridized carbons (Fsp3) is 0.667. The number of ether oxygens (including phenoxy) is 1. The Hall–Kier alpha value is -0.650. The van der Waals surface area contributed by atoms with E-state index < -0.39 is 6.10 Å². The number of aliphatic hydroxyl groups is 1. The van der Waals surface area contributed by atoms with Gasteiger partial charge in [-0.2, -0.15) is 0 Å². The predicted octanol–water partition coefficient (Wildman–Crippen LogP) is 1.57. The van der Waals surface area contributed by atoms with E-state index in [9.17, 15) is 5.11 Å². The van der Waals surface area contributed by atoms with Crippen LogP contribution in [0.1, 0.15) is 31.2 Å². The molecule has 1 unspecified atom stereocenters. The molecule has 0 fully saturated rings. The minimum absolute atomic E-state index is 0.335. The lowest BCUT2D eigenvalue weighted by Crippen LogP contribution is -2.25. The van der Waals surface area contributed by atoms with Crippen molar-refractivity contribution in [3.05, 3.63) is 11.1 Å². The van der Waals surface area contributed by atoms with Gasteiger partial charge in [0.2, 0.25) is 0 Å². The molecule has 0 aromatic carbocycles. The van der Waals surface area contributed by atoms with E-state index in [1.54, 1.807) is 13.3 Å². The molecular formula is C9H16N2O2S. The minimum Gasteiger partial charge on any atom is -0.387 e. The van der Waals surface area contributed by atoms with E-state index in [-0.39, 0.29) is 5.60 Å². The quantitative estimate of drug-likeness (QED) is 0.801. The van der Waals surface area contributed by atoms with Gasteiger partial charge in [-0.15, -0.1) is 0 Å². The molecule has 0 aliphatic rings. The lowest BCUT2D eigenvalue weighted by Gasteiger charge is -2.25. The maximum atomic E-state index is 9.84. The Kier molecular flexibility index (Phi) is 3.47. The molecule has 4 nitrogen and oxygen atoms in total. The van der Waals surface area contributed by atoms with Gasteiger partial charge in [-0.05, 0) is 13.8 Å². The second-order valence-electron chi connectivity index (χ2n) is 3.78. The smallest absolute Gasteiger partial charge is 0.180 e. The summed E-state index contributed by atoms with van der Waals surface area (Å²) in [6.45, 7) is 3.86. The van der Waals surface area contributed by atoms with E-state index in [1.165, 1.54) is 11.3 Å². The SMILES string of the molecule is COC(C)(C)CC(O)c1cnc(N)s1. The van der Waals surface area contributed by atoms with Crippen molar-refractivity contribution in [1.82, 2.24) is 4.98 Å². The summed E-state index contributed by atoms with van der Waals surface area (Å²) in [7, 11) is 1.63. The number of nitrogen functional groups attached to an aromatic ring is 1. The Morgan fingerprint density at radius 3 is 2.79 bits per heavy atom. The molecule has 0 amide bonds. The van der Waals surface area contributed by atoms with E-state index in [1.807, 2.05) is 13.8 Å². The first-order chi connectivity index (χ1) is 6.44. The van der Waals surface area contributed by atoms with Crippen molar-refractivity contribution in [1.29, 1.82) is 0 Å². The average Bonchev–Trinajstić information content (AvgIpc) is 2.51. The lowest BCUT2D eigenvalue weighted by atomic mass is 10.0. The van der Waals surface area contributed by atoms with Crippen molar-refractivity contribution in [3.8, 4) is 0 Å². The summed E-state index contributed by atoms with van der Waals surface area (Å²) in [5.74, 6) is 0. The fourth-order valence-corrected chi connectivity index (χ4v) is 1.78. The molecule has 0 saturated heterocycles. The summed E-state index contributed by atoms with van der Waals surface area (Å²) >= 11 is 1.31. The van der Waals surface area contributed by atoms with Crippen LogP contribution in [0.5, 0.6) is 0 Å². The monoisotopic (exact) mass is 216 g/mol. The Labute approximate surface area is 87.7 Å². The number of aliphatic hydroxyl groups excluding tert-OH is 1. The van der Waals surface area contributed by atoms with Crippen LogP contribution in [-0.2, 0) is 4.74 Å². The fourth-order valence-electron chi connectivity index (χ4n) is 1.10. The molecule has 1 aromatic rings. The second-order valence-corrected chi connectivity index (χ2v) is 4.88. The molecule has 0 spiro atoms. The van der Waals surface area contributed by atoms with Crippen LogP contribution < -0.4 is 5.73 Å². The van der Waals surface area contributed by atoms with Crippen molar-refractivity contribution < 1.29 is 9.84 Å². The number of hydrogen-bond donors (Lipinski definition) is 2. The molecule has 0 aliphatic heterocycles. The summed E-state index contributed by atoms with van der Waals surface area (Å²) in [5.41, 5.74) is 5.14. The number of hydrogen-bond acceptors (Lipinski definition) is 5. The van der Waals surface area contributed by atoms with Crippen LogP contribution in [0.25, 0.3) is 0 Å². The predicted molar refractivity (Wildman–Crippen MR) is 57.2 cm³/mol. The number of thiazole rings is 1. The maximum absolute atomic E-state index is 9.84. The van der Waals surface area contributed by atoms with Gasteiger partial charge in [0.15, 0.2) is 5.13 Å². The molecule has 3 N–H and O–H groups in total. The molecule has 1 aromatic heterocycles. The van der Waals surface area contributed by atoms with Crippen molar-refractivity contribution in [2.75, 3.05) is 12.8 Å². The molecule has 80 valence electrons. The van der Waals surface area contributed by atoms with Crippen LogP contribution in [0.4, 0.5) is 5.13 Å². The molecule has 1 atom stereocenters. The van der Waals surface area contributed by atoms with Gasteiger partial charge < -0.3 is 15.6 Å². The first kappa shape index (κ1) is 11.4. The highest BCUT2D eigenvalue weighted by Crippen LogP contribution is 2.29. The van der Waals surface area contributed by atoms with Gasteiger partial charge in [-0.25, -0.2) is 4.98 Å². The third kappa shape index (κ3) is 2.94. The Morgan fingerprint density at radius 2 is 2.36 bits per heavy atom. The van der Waals surface area contributed by atoms with E-state index in [4.69, 9.17) is 10.5 Å². The van der Waals surface area contributed by atoms with Gasteiger partial charge in [0, 0.05) is 19.7 Å². The number of nitrogens with zero attached hydrogens (tertiary/aromatic N) is 1. The van der Waals surface area contributed by atoms with E-state index in [2.05, 4.69) is 4.98 Å². The highest BCUT2D eigenvalue weighted by molar-refractivity contribution is 7.15. The van der Waals surface area contributed by atoms with Gasteiger partial charge in [0.1, 0.15) is 0 Å². The molecule has 5 heteroatoms. The van der Waals surface area contributed by atoms with Crippen LogP contribution in [0.2, 0.25) is 0 Å². The third-order valence-corrected chi connectivity index (χ3v) is 3.04. The number of methoxy groups -OCH3 is 1. The van der Waals surface area contributed by atoms with E-state index in [0.717, 1.165) is 4.88 Å². The molecule has 0 aliphatic carbocycles. The van der Waals surface area contributed by atoms with Gasteiger partial charge in [0.25, 0.3) is 0 Å². The van der Waals surface area contributed by atoms with Gasteiger partial charge >= 0.3 is 0 Å². The van der Waals surface area contributed by atoms with Gasteiger partial charge in [0.05, 0.1) is 16.6 Å². The van der Waals surface area contributed by atoms with Gasteiger partial charge in [-0.3, -0.25) is 0 Å². The largest absolute Gasteiger partial charge is 0.387 e. The molecule has 14 heavy (non-hydrogen) atoms. The zero-order valence-corrected chi connectivity index (χ0v) is 9.47. The standard InChI is InChI=1S/C9H16N2O2S/c1-9(2,13-3)4-6(12)7-5-11-8(10)14-7/h5-6,12H,4H2,1-3H3,(H2,10,11). The number of anilines is 1. The second kappa shape index (κ2) is 4.25. The number of rotatable bonds is 4. The Bertz CT molecular complexity index is 299. The summed E-state index contributed by atoms with van der Waals surface area (Å²) in [6.07, 6.45) is 1.58. The van der Waals surface area contributed by atoms with Crippen LogP contribution in [0.15, 0.2) is 6.20 Å². The van der Waals surface area contributed by atoms with E-state index >= 15 is 0 Å². The summed E-state index contributed by atoms with van der Waals surface area (Å²) in [5, 5.41) is 10.3. The maximum Gasteiger partial charge on any atom is 0.180 e. The van der Waals surface area contributed by atoms with Crippen LogP contribution in [0.3, 0.4) is 0 Å². The lowest BCUT2D eigenvalue weighted by molar-refractivity contribution is -0.0193. The third-order valence-electron chi connectivity index (χ3n) is 2.11. The van der Waals surface area contributed by atoms with Crippen LogP contribution in [0, 0.1) is 0 Å². The average molecular weight is 216 g/mol. The molecule has 1 rings (SSSR count). The molecule has 0 bridgehead atoms. The zero-order valence-electron chi connectivity index (χ0n) is 8.65. The van der Waals surface area contributed by atoms with Crippen LogP contribution >= 0.6 is 11.3 Å². The highest BCUT2D eigenvalue weighted by atomic mass is 32.1. The topological polar surface area (TPSA) is 68.4 Å². The first-order valence-electron chi connectivity index (χ1n) is 4.39. The van der Waals surface area contributed by atoms with Crippen molar-refractivity contribution in [2.24, 2.45) is 0 Å². The van der Waals surface area contributed by atoms with E-state index in [0.29, 0.717) is 11.6 Å². The normalized spacial score (nSPS) is 14.3. The van der Waals surface area contributed by atoms with Crippen molar-refractivity contribution in [3.63, 3.8) is 0 Å². The molecular weight excluding hydrogens is 200 g/mol. The molecule has 0 radical (unpaired) electrons. The summed E-state index contributed by atoms with van der Waals surface area (Å²) in [4.78, 5) is 4.67. The number of aromatic nitrogens is 1. The summed E-state index contributed by atoms with van der Waals surface area (Å²) < 4.78 is 5.23. The van der Waals surface area contributed by atoms with Crippen LogP contribution in [-0.4, -0.2) is 22.8 Å². The molecule has 0 saturated carbocycles. The minimum atomic E-state index is -0.556. The Morgan fingerprint density at radius 1 is 1.71 bits per heavy atom. The summed E-state index contributed by atoms with van der Waals surface area (Å²) in [6, 6.07) is 0. The Balaban J connectivity index is 2.63. The zero-order chi connectivity index (χ0) is 10.8. The van der Waals surface area contributed by atoms with Crippen molar-refractivity contribution >= 4 is 16.5 Å². The highest BCUT2D eigenvalue weighted by Gasteiger charge is 2.23. The molecule has 1 heterocycles. The number of nitrogens with two attached hydrogens (primary N) is 1. The van der Waals surface area contributed by atoms with Gasteiger partial charge in [-0.1, -0.05) is 11.3 Å². The first-order valence-corrected chi connectivity index (χ1v) is 5.20. The van der Waals surface area contributed by atoms with Crippen molar-refractivity contribution in [2.45, 2.75) is 32.0 Å².